The molecule has 0 rings (SSSR count). The number of phosphoric ester groups is 1. The predicted octanol–water partition coefficient (Wildman–Crippen LogP) is 2.77. The molecule has 1 unspecified atom stereocenters. The molecule has 0 aliphatic heterocycles. The van der Waals surface area contributed by atoms with Crippen molar-refractivity contribution in [2.75, 3.05) is 54.1 Å². The highest BCUT2D eigenvalue weighted by molar-refractivity contribution is 7.48. The topological polar surface area (TPSA) is 71.1 Å². The second-order valence-electron chi connectivity index (χ2n) is 6.17. The molecule has 0 aromatic rings. The fourth-order valence-corrected chi connectivity index (χ4v) is 2.73. The lowest BCUT2D eigenvalue weighted by molar-refractivity contribution is -0.870. The fourth-order valence-electron chi connectivity index (χ4n) is 1.54. The minimum atomic E-state index is -3.60. The van der Waals surface area contributed by atoms with Gasteiger partial charge in [0.25, 0.3) is 0 Å². The van der Waals surface area contributed by atoms with Crippen LogP contribution in [0.5, 0.6) is 0 Å². The van der Waals surface area contributed by atoms with Crippen molar-refractivity contribution in [3.8, 4) is 0 Å². The van der Waals surface area contributed by atoms with Gasteiger partial charge in [-0.15, -0.1) is 0 Å². The molecular formula is C15H31NO6P+. The van der Waals surface area contributed by atoms with Crippen LogP contribution in [0.4, 0.5) is 0 Å². The SMILES string of the molecule is C=C(C)C(=O)OCCOP(=O)(OCC)OCCCC[N+](C)(C)C. The Bertz CT molecular complexity index is 419. The van der Waals surface area contributed by atoms with Crippen LogP contribution in [0, 0.1) is 0 Å². The number of carbonyl (C=O) groups is 1. The Labute approximate surface area is 139 Å². The summed E-state index contributed by atoms with van der Waals surface area (Å²) >= 11 is 0. The van der Waals surface area contributed by atoms with Gasteiger partial charge in [-0.25, -0.2) is 9.36 Å². The van der Waals surface area contributed by atoms with Crippen LogP contribution in [0.15, 0.2) is 12.2 Å². The average molecular weight is 352 g/mol. The summed E-state index contributed by atoms with van der Waals surface area (Å²) in [5.74, 6) is -0.513. The van der Waals surface area contributed by atoms with Crippen LogP contribution < -0.4 is 0 Å². The van der Waals surface area contributed by atoms with Crippen molar-refractivity contribution in [2.45, 2.75) is 26.7 Å². The molecule has 0 aromatic heterocycles. The van der Waals surface area contributed by atoms with Crippen LogP contribution in [0.25, 0.3) is 0 Å². The smallest absolute Gasteiger partial charge is 0.460 e. The molecule has 0 aliphatic rings. The summed E-state index contributed by atoms with van der Waals surface area (Å²) < 4.78 is 33.6. The van der Waals surface area contributed by atoms with Crippen LogP contribution in [0.3, 0.4) is 0 Å². The molecular weight excluding hydrogens is 321 g/mol. The molecule has 23 heavy (non-hydrogen) atoms. The zero-order valence-electron chi connectivity index (χ0n) is 15.0. The van der Waals surface area contributed by atoms with E-state index in [9.17, 15) is 9.36 Å². The van der Waals surface area contributed by atoms with Gasteiger partial charge < -0.3 is 9.22 Å². The standard InChI is InChI=1S/C15H31NO6P/c1-7-20-23(18,21-11-9-8-10-16(4,5)6)22-13-12-19-15(17)14(2)3/h2,7-13H2,1,3-6H3/q+1. The summed E-state index contributed by atoms with van der Waals surface area (Å²) in [6.45, 7) is 8.13. The second-order valence-corrected chi connectivity index (χ2v) is 7.84. The fraction of sp³-hybridized carbons (Fsp3) is 0.800. The summed E-state index contributed by atoms with van der Waals surface area (Å²) in [6, 6.07) is 0. The zero-order chi connectivity index (χ0) is 17.9. The van der Waals surface area contributed by atoms with Crippen molar-refractivity contribution in [1.82, 2.24) is 0 Å². The van der Waals surface area contributed by atoms with Crippen LogP contribution in [-0.4, -0.2) is 64.6 Å². The molecule has 1 atom stereocenters. The summed E-state index contributed by atoms with van der Waals surface area (Å²) in [4.78, 5) is 11.2. The van der Waals surface area contributed by atoms with E-state index in [2.05, 4.69) is 27.7 Å². The minimum Gasteiger partial charge on any atom is -0.460 e. The molecule has 0 spiro atoms. The van der Waals surface area contributed by atoms with Crippen molar-refractivity contribution in [2.24, 2.45) is 0 Å². The normalized spacial score (nSPS) is 14.3. The van der Waals surface area contributed by atoms with E-state index in [1.807, 2.05) is 0 Å². The van der Waals surface area contributed by atoms with Gasteiger partial charge in [-0.05, 0) is 26.7 Å². The number of unbranched alkanes of at least 4 members (excludes halogenated alkanes) is 1. The van der Waals surface area contributed by atoms with Gasteiger partial charge in [0, 0.05) is 5.57 Å². The van der Waals surface area contributed by atoms with Gasteiger partial charge in [0.15, 0.2) is 0 Å². The quantitative estimate of drug-likeness (QED) is 0.167. The van der Waals surface area contributed by atoms with E-state index in [1.165, 1.54) is 0 Å². The summed E-state index contributed by atoms with van der Waals surface area (Å²) in [5.41, 5.74) is 0.298. The highest BCUT2D eigenvalue weighted by Gasteiger charge is 2.26. The molecule has 0 saturated heterocycles. The van der Waals surface area contributed by atoms with Crippen molar-refractivity contribution in [1.29, 1.82) is 0 Å². The van der Waals surface area contributed by atoms with Crippen molar-refractivity contribution in [3.05, 3.63) is 12.2 Å². The van der Waals surface area contributed by atoms with Crippen molar-refractivity contribution in [3.63, 3.8) is 0 Å². The number of nitrogens with zero attached hydrogens (tertiary/aromatic N) is 1. The van der Waals surface area contributed by atoms with Gasteiger partial charge >= 0.3 is 13.8 Å². The van der Waals surface area contributed by atoms with E-state index in [1.54, 1.807) is 13.8 Å². The lowest BCUT2D eigenvalue weighted by Crippen LogP contribution is -2.35. The maximum absolute atomic E-state index is 12.3. The minimum absolute atomic E-state index is 0.0341. The van der Waals surface area contributed by atoms with Gasteiger partial charge in [-0.1, -0.05) is 6.58 Å². The molecule has 0 N–H and O–H groups in total. The molecule has 0 aromatic carbocycles. The molecule has 136 valence electrons. The molecule has 0 saturated carbocycles. The van der Waals surface area contributed by atoms with Crippen molar-refractivity contribution < 1.29 is 32.2 Å². The van der Waals surface area contributed by atoms with Crippen LogP contribution in [0.1, 0.15) is 26.7 Å². The van der Waals surface area contributed by atoms with Crippen molar-refractivity contribution >= 4 is 13.8 Å². The first-order valence-corrected chi connectivity index (χ1v) is 9.22. The Balaban J connectivity index is 4.07. The highest BCUT2D eigenvalue weighted by Crippen LogP contribution is 2.49. The molecule has 0 bridgehead atoms. The largest absolute Gasteiger partial charge is 0.474 e. The number of hydrogen-bond donors (Lipinski definition) is 0. The molecule has 0 amide bonds. The lowest BCUT2D eigenvalue weighted by Gasteiger charge is -2.23. The van der Waals surface area contributed by atoms with Crippen LogP contribution >= 0.6 is 7.82 Å². The van der Waals surface area contributed by atoms with E-state index >= 15 is 0 Å². The van der Waals surface area contributed by atoms with Gasteiger partial charge in [-0.2, -0.15) is 0 Å². The Hall–Kier alpha value is -0.720. The maximum atomic E-state index is 12.3. The third kappa shape index (κ3) is 12.4. The third-order valence-electron chi connectivity index (χ3n) is 2.67. The third-order valence-corrected chi connectivity index (χ3v) is 4.25. The van der Waals surface area contributed by atoms with E-state index in [4.69, 9.17) is 18.3 Å². The number of quaternary nitrogens is 1. The Kier molecular flexibility index (Phi) is 10.6. The first kappa shape index (κ1) is 22.3. The molecule has 8 heteroatoms. The first-order valence-electron chi connectivity index (χ1n) is 7.76. The first-order chi connectivity index (χ1) is 10.6. The Morgan fingerprint density at radius 2 is 1.65 bits per heavy atom. The molecule has 0 fully saturated rings. The van der Waals surface area contributed by atoms with Gasteiger partial charge in [0.1, 0.15) is 6.61 Å². The maximum Gasteiger partial charge on any atom is 0.474 e. The molecule has 0 heterocycles. The average Bonchev–Trinajstić information content (AvgIpc) is 2.42. The lowest BCUT2D eigenvalue weighted by atomic mass is 10.3. The summed E-state index contributed by atoms with van der Waals surface area (Å²) in [7, 11) is 2.73. The predicted molar refractivity (Wildman–Crippen MR) is 89.0 cm³/mol. The highest BCUT2D eigenvalue weighted by atomic mass is 31.2. The molecule has 0 aliphatic carbocycles. The Morgan fingerprint density at radius 3 is 2.17 bits per heavy atom. The van der Waals surface area contributed by atoms with Gasteiger partial charge in [-0.3, -0.25) is 13.6 Å². The molecule has 7 nitrogen and oxygen atoms in total. The van der Waals surface area contributed by atoms with E-state index in [-0.39, 0.29) is 19.8 Å². The Morgan fingerprint density at radius 1 is 1.04 bits per heavy atom. The number of esters is 1. The number of phosphoric acid groups is 1. The second kappa shape index (κ2) is 10.9. The number of ether oxygens (including phenoxy) is 1. The van der Waals surface area contributed by atoms with Gasteiger partial charge in [0.05, 0.1) is 47.5 Å². The van der Waals surface area contributed by atoms with Crippen LogP contribution in [0.2, 0.25) is 0 Å². The van der Waals surface area contributed by atoms with Crippen LogP contribution in [-0.2, 0) is 27.7 Å². The van der Waals surface area contributed by atoms with E-state index < -0.39 is 13.8 Å². The van der Waals surface area contributed by atoms with E-state index in [0.717, 1.165) is 23.9 Å². The zero-order valence-corrected chi connectivity index (χ0v) is 15.9. The molecule has 0 radical (unpaired) electrons. The summed E-state index contributed by atoms with van der Waals surface area (Å²) in [6.07, 6.45) is 1.71. The number of hydrogen-bond acceptors (Lipinski definition) is 6. The van der Waals surface area contributed by atoms with E-state index in [0.29, 0.717) is 12.2 Å². The van der Waals surface area contributed by atoms with Gasteiger partial charge in [0.2, 0.25) is 0 Å². The monoisotopic (exact) mass is 352 g/mol. The number of rotatable bonds is 13. The summed E-state index contributed by atoms with van der Waals surface area (Å²) in [5, 5.41) is 0. The number of carbonyl (C=O) groups excluding carboxylic acids is 1.